The molecule has 118 valence electrons. The molecular weight excluding hydrogens is 308 g/mol. The average molecular weight is 324 g/mol. The highest BCUT2D eigenvalue weighted by Crippen LogP contribution is 2.33. The maximum Gasteiger partial charge on any atom is 0.242 e. The van der Waals surface area contributed by atoms with Crippen molar-refractivity contribution in [3.05, 3.63) is 29.9 Å². The fourth-order valence-electron chi connectivity index (χ4n) is 2.02. The van der Waals surface area contributed by atoms with Crippen LogP contribution in [0.25, 0.3) is 0 Å². The molecule has 0 radical (unpaired) electrons. The van der Waals surface area contributed by atoms with Crippen molar-refractivity contribution in [2.45, 2.75) is 30.4 Å². The molecule has 0 unspecified atom stereocenters. The van der Waals surface area contributed by atoms with Gasteiger partial charge in [-0.15, -0.1) is 0 Å². The second-order valence-corrected chi connectivity index (χ2v) is 7.26. The van der Waals surface area contributed by atoms with Crippen molar-refractivity contribution in [1.29, 1.82) is 0 Å². The fourth-order valence-corrected chi connectivity index (χ4v) is 3.20. The fraction of sp³-hybridized carbons (Fsp3) is 0.429. The lowest BCUT2D eigenvalue weighted by molar-refractivity contribution is 0.171. The monoisotopic (exact) mass is 324 g/mol. The van der Waals surface area contributed by atoms with E-state index in [-0.39, 0.29) is 22.5 Å². The molecule has 3 rings (SSSR count). The van der Waals surface area contributed by atoms with Crippen molar-refractivity contribution in [1.82, 2.24) is 10.1 Å². The zero-order valence-electron chi connectivity index (χ0n) is 12.3. The molecule has 0 spiro atoms. The van der Waals surface area contributed by atoms with Crippen molar-refractivity contribution in [3.63, 3.8) is 0 Å². The number of hydrogen-bond donors (Lipinski definition) is 0. The number of aromatic nitrogens is 2. The summed E-state index contributed by atoms with van der Waals surface area (Å²) in [6.07, 6.45) is 0. The van der Waals surface area contributed by atoms with Gasteiger partial charge in [-0.05, 0) is 12.1 Å². The number of benzene rings is 1. The Kier molecular flexibility index (Phi) is 3.78. The van der Waals surface area contributed by atoms with Gasteiger partial charge in [-0.1, -0.05) is 19.0 Å². The van der Waals surface area contributed by atoms with E-state index in [1.54, 1.807) is 6.07 Å². The minimum atomic E-state index is -3.59. The molecule has 0 bridgehead atoms. The molecule has 1 aliphatic rings. The summed E-state index contributed by atoms with van der Waals surface area (Å²) in [4.78, 5) is 4.23. The van der Waals surface area contributed by atoms with Gasteiger partial charge in [0.2, 0.25) is 5.89 Å². The highest BCUT2D eigenvalue weighted by molar-refractivity contribution is 7.90. The van der Waals surface area contributed by atoms with Crippen LogP contribution in [0.4, 0.5) is 0 Å². The molecule has 0 saturated heterocycles. The van der Waals surface area contributed by atoms with E-state index in [1.165, 1.54) is 12.1 Å². The SMILES string of the molecule is CC(C)c1noc(CS(=O)(=O)c2ccc3c(c2)OCCO3)n1. The minimum absolute atomic E-state index is 0.0782. The normalized spacial score (nSPS) is 14.3. The Labute approximate surface area is 128 Å². The third-order valence-electron chi connectivity index (χ3n) is 3.19. The zero-order valence-corrected chi connectivity index (χ0v) is 13.1. The van der Waals surface area contributed by atoms with Crippen LogP contribution >= 0.6 is 0 Å². The average Bonchev–Trinajstić information content (AvgIpc) is 2.95. The van der Waals surface area contributed by atoms with Crippen molar-refractivity contribution < 1.29 is 22.4 Å². The number of hydrogen-bond acceptors (Lipinski definition) is 7. The molecule has 0 fully saturated rings. The summed E-state index contributed by atoms with van der Waals surface area (Å²) in [5, 5.41) is 3.77. The second kappa shape index (κ2) is 5.60. The lowest BCUT2D eigenvalue weighted by Gasteiger charge is -2.18. The van der Waals surface area contributed by atoms with Crippen LogP contribution in [-0.4, -0.2) is 31.8 Å². The summed E-state index contributed by atoms with van der Waals surface area (Å²) in [6.45, 7) is 4.67. The largest absolute Gasteiger partial charge is 0.486 e. The minimum Gasteiger partial charge on any atom is -0.486 e. The number of rotatable bonds is 4. The Morgan fingerprint density at radius 1 is 1.18 bits per heavy atom. The van der Waals surface area contributed by atoms with Gasteiger partial charge >= 0.3 is 0 Å². The molecule has 0 amide bonds. The summed E-state index contributed by atoms with van der Waals surface area (Å²) >= 11 is 0. The topological polar surface area (TPSA) is 91.5 Å². The van der Waals surface area contributed by atoms with E-state index in [4.69, 9.17) is 14.0 Å². The Morgan fingerprint density at radius 2 is 1.91 bits per heavy atom. The lowest BCUT2D eigenvalue weighted by Crippen LogP contribution is -2.16. The van der Waals surface area contributed by atoms with E-state index in [2.05, 4.69) is 10.1 Å². The smallest absolute Gasteiger partial charge is 0.242 e. The predicted octanol–water partition coefficient (Wildman–Crippen LogP) is 1.94. The lowest BCUT2D eigenvalue weighted by atomic mass is 10.2. The number of nitrogens with zero attached hydrogens (tertiary/aromatic N) is 2. The molecule has 2 aromatic rings. The summed E-state index contributed by atoms with van der Waals surface area (Å²) in [5.74, 6) is 1.29. The molecule has 8 heteroatoms. The Hall–Kier alpha value is -2.09. The quantitative estimate of drug-likeness (QED) is 0.848. The van der Waals surface area contributed by atoms with Crippen molar-refractivity contribution >= 4 is 9.84 Å². The molecule has 22 heavy (non-hydrogen) atoms. The van der Waals surface area contributed by atoms with Crippen molar-refractivity contribution in [2.24, 2.45) is 0 Å². The Morgan fingerprint density at radius 3 is 2.59 bits per heavy atom. The van der Waals surface area contributed by atoms with Crippen LogP contribution in [0.15, 0.2) is 27.6 Å². The Balaban J connectivity index is 1.85. The van der Waals surface area contributed by atoms with Gasteiger partial charge in [0.05, 0.1) is 4.90 Å². The predicted molar refractivity (Wildman–Crippen MR) is 76.7 cm³/mol. The third kappa shape index (κ3) is 2.92. The Bertz CT molecular complexity index is 782. The van der Waals surface area contributed by atoms with E-state index >= 15 is 0 Å². The van der Waals surface area contributed by atoms with Crippen LogP contribution < -0.4 is 9.47 Å². The van der Waals surface area contributed by atoms with Gasteiger partial charge in [-0.25, -0.2) is 8.42 Å². The summed E-state index contributed by atoms with van der Waals surface area (Å²) < 4.78 is 40.7. The van der Waals surface area contributed by atoms with Gasteiger partial charge in [0, 0.05) is 12.0 Å². The van der Waals surface area contributed by atoms with Crippen LogP contribution in [0.2, 0.25) is 0 Å². The standard InChI is InChI=1S/C14H16N2O5S/c1-9(2)14-15-13(21-16-14)8-22(17,18)10-3-4-11-12(7-10)20-6-5-19-11/h3-4,7,9H,5-6,8H2,1-2H3. The van der Waals surface area contributed by atoms with Crippen LogP contribution in [0.1, 0.15) is 31.5 Å². The second-order valence-electron chi connectivity index (χ2n) is 5.27. The zero-order chi connectivity index (χ0) is 15.7. The maximum atomic E-state index is 12.4. The highest BCUT2D eigenvalue weighted by Gasteiger charge is 2.23. The first-order valence-electron chi connectivity index (χ1n) is 6.90. The van der Waals surface area contributed by atoms with E-state index in [0.717, 1.165) is 0 Å². The molecular formula is C14H16N2O5S. The van der Waals surface area contributed by atoms with Gasteiger partial charge in [-0.2, -0.15) is 4.98 Å². The molecule has 0 atom stereocenters. The molecule has 1 aromatic heterocycles. The van der Waals surface area contributed by atoms with Crippen LogP contribution in [0, 0.1) is 0 Å². The molecule has 0 aliphatic carbocycles. The van der Waals surface area contributed by atoms with E-state index < -0.39 is 9.84 Å². The van der Waals surface area contributed by atoms with E-state index in [9.17, 15) is 8.42 Å². The first-order valence-corrected chi connectivity index (χ1v) is 8.56. The van der Waals surface area contributed by atoms with Gasteiger partial charge in [0.15, 0.2) is 27.2 Å². The summed E-state index contributed by atoms with van der Waals surface area (Å²) in [5.41, 5.74) is 0. The highest BCUT2D eigenvalue weighted by atomic mass is 32.2. The third-order valence-corrected chi connectivity index (χ3v) is 4.79. The van der Waals surface area contributed by atoms with Gasteiger partial charge < -0.3 is 14.0 Å². The van der Waals surface area contributed by atoms with Crippen molar-refractivity contribution in [3.8, 4) is 11.5 Å². The number of sulfone groups is 1. The molecule has 1 aromatic carbocycles. The first kappa shape index (κ1) is 14.8. The van der Waals surface area contributed by atoms with Crippen LogP contribution in [0.3, 0.4) is 0 Å². The van der Waals surface area contributed by atoms with Gasteiger partial charge in [-0.3, -0.25) is 0 Å². The van der Waals surface area contributed by atoms with Crippen molar-refractivity contribution in [2.75, 3.05) is 13.2 Å². The van der Waals surface area contributed by atoms with E-state index in [1.807, 2.05) is 13.8 Å². The number of ether oxygens (including phenoxy) is 2. The molecule has 7 nitrogen and oxygen atoms in total. The maximum absolute atomic E-state index is 12.4. The molecule has 1 aliphatic heterocycles. The van der Waals surface area contributed by atoms with E-state index in [0.29, 0.717) is 30.5 Å². The van der Waals surface area contributed by atoms with Gasteiger partial charge in [0.25, 0.3) is 0 Å². The molecule has 2 heterocycles. The van der Waals surface area contributed by atoms with Gasteiger partial charge in [0.1, 0.15) is 19.0 Å². The first-order chi connectivity index (χ1) is 10.5. The summed E-state index contributed by atoms with van der Waals surface area (Å²) in [7, 11) is -3.59. The van der Waals surface area contributed by atoms with Crippen LogP contribution in [0.5, 0.6) is 11.5 Å². The van der Waals surface area contributed by atoms with Crippen LogP contribution in [-0.2, 0) is 15.6 Å². The molecule has 0 N–H and O–H groups in total. The summed E-state index contributed by atoms with van der Waals surface area (Å²) in [6, 6.07) is 4.54. The number of fused-ring (bicyclic) bond motifs is 1. The molecule has 0 saturated carbocycles.